The van der Waals surface area contributed by atoms with Crippen molar-refractivity contribution >= 4 is 21.4 Å². The second-order valence-corrected chi connectivity index (χ2v) is 6.25. The normalized spacial score (nSPS) is 11.2. The van der Waals surface area contributed by atoms with Crippen LogP contribution in [0.15, 0.2) is 18.3 Å². The zero-order valence-electron chi connectivity index (χ0n) is 10.3. The first kappa shape index (κ1) is 14.5. The Morgan fingerprint density at radius 2 is 1.94 bits per heavy atom. The summed E-state index contributed by atoms with van der Waals surface area (Å²) in [5, 5.41) is 0. The average Bonchev–Trinajstić information content (AvgIpc) is 2.26. The van der Waals surface area contributed by atoms with Crippen molar-refractivity contribution < 1.29 is 18.0 Å². The van der Waals surface area contributed by atoms with Crippen LogP contribution in [0.1, 0.15) is 29.4 Å². The van der Waals surface area contributed by atoms with Gasteiger partial charge in [0.05, 0.1) is 6.42 Å². The largest absolute Gasteiger partial charge is 0.298 e. The summed E-state index contributed by atoms with van der Waals surface area (Å²) in [5.41, 5.74) is 1.18. The van der Waals surface area contributed by atoms with E-state index in [0.29, 0.717) is 0 Å². The van der Waals surface area contributed by atoms with Crippen LogP contribution < -0.4 is 0 Å². The zero-order chi connectivity index (χ0) is 13.8. The van der Waals surface area contributed by atoms with Crippen LogP contribution in [0.4, 0.5) is 0 Å². The molecule has 6 heteroatoms. The minimum atomic E-state index is -3.38. The van der Waals surface area contributed by atoms with Crippen LogP contribution in [0.5, 0.6) is 0 Å². The van der Waals surface area contributed by atoms with E-state index in [1.165, 1.54) is 0 Å². The van der Waals surface area contributed by atoms with Gasteiger partial charge < -0.3 is 0 Å². The lowest BCUT2D eigenvalue weighted by molar-refractivity contribution is -0.115. The van der Waals surface area contributed by atoms with Gasteiger partial charge in [0.15, 0.2) is 21.4 Å². The summed E-state index contributed by atoms with van der Waals surface area (Å²) in [7, 11) is -3.38. The van der Waals surface area contributed by atoms with Gasteiger partial charge in [0, 0.05) is 12.5 Å². The molecular formula is C12H15NO4S. The van der Waals surface area contributed by atoms with E-state index in [4.69, 9.17) is 0 Å². The number of aryl methyl sites for hydroxylation is 1. The molecular weight excluding hydrogens is 254 g/mol. The quantitative estimate of drug-likeness (QED) is 0.564. The first-order chi connectivity index (χ1) is 8.31. The second kappa shape index (κ2) is 5.86. The Hall–Kier alpha value is -1.56. The van der Waals surface area contributed by atoms with Gasteiger partial charge in [-0.2, -0.15) is 0 Å². The standard InChI is InChI=1S/C12H15NO4S/c1-3-9-4-5-11(13-7-9)12(15)6-10(14)8-18(2,16)17/h4-5,7H,3,6,8H2,1-2H3. The van der Waals surface area contributed by atoms with Crippen molar-refractivity contribution in [2.75, 3.05) is 12.0 Å². The number of hydrogen-bond donors (Lipinski definition) is 0. The molecule has 0 saturated carbocycles. The molecule has 98 valence electrons. The lowest BCUT2D eigenvalue weighted by Crippen LogP contribution is -2.18. The van der Waals surface area contributed by atoms with Gasteiger partial charge in [-0.05, 0) is 18.1 Å². The number of rotatable bonds is 6. The maximum Gasteiger partial charge on any atom is 0.188 e. The van der Waals surface area contributed by atoms with Crippen LogP contribution in [-0.4, -0.2) is 37.0 Å². The lowest BCUT2D eigenvalue weighted by atomic mass is 10.1. The number of carbonyl (C=O) groups is 2. The number of carbonyl (C=O) groups excluding carboxylic acids is 2. The van der Waals surface area contributed by atoms with Gasteiger partial charge in [0.2, 0.25) is 0 Å². The molecule has 0 amide bonds. The Morgan fingerprint density at radius 1 is 1.28 bits per heavy atom. The van der Waals surface area contributed by atoms with Gasteiger partial charge >= 0.3 is 0 Å². The molecule has 0 aromatic carbocycles. The molecule has 0 unspecified atom stereocenters. The van der Waals surface area contributed by atoms with E-state index in [1.54, 1.807) is 18.3 Å². The summed E-state index contributed by atoms with van der Waals surface area (Å²) in [6.45, 7) is 1.97. The van der Waals surface area contributed by atoms with Crippen LogP contribution in [0, 0.1) is 0 Å². The van der Waals surface area contributed by atoms with Crippen molar-refractivity contribution in [3.63, 3.8) is 0 Å². The Bertz CT molecular complexity index is 546. The first-order valence-electron chi connectivity index (χ1n) is 5.49. The maximum atomic E-state index is 11.7. The molecule has 1 rings (SSSR count). The van der Waals surface area contributed by atoms with E-state index in [9.17, 15) is 18.0 Å². The highest BCUT2D eigenvalue weighted by Crippen LogP contribution is 2.04. The third kappa shape index (κ3) is 4.75. The fourth-order valence-electron chi connectivity index (χ4n) is 1.41. The average molecular weight is 269 g/mol. The third-order valence-corrected chi connectivity index (χ3v) is 3.15. The van der Waals surface area contributed by atoms with E-state index >= 15 is 0 Å². The van der Waals surface area contributed by atoms with E-state index < -0.39 is 33.6 Å². The predicted octanol–water partition coefficient (Wildman–Crippen LogP) is 0.831. The lowest BCUT2D eigenvalue weighted by Gasteiger charge is -2.01. The molecule has 0 bridgehead atoms. The van der Waals surface area contributed by atoms with E-state index in [1.807, 2.05) is 6.92 Å². The number of aromatic nitrogens is 1. The zero-order valence-corrected chi connectivity index (χ0v) is 11.2. The molecule has 0 atom stereocenters. The van der Waals surface area contributed by atoms with Crippen molar-refractivity contribution in [2.24, 2.45) is 0 Å². The molecule has 1 aromatic rings. The summed E-state index contributed by atoms with van der Waals surface area (Å²) >= 11 is 0. The molecule has 0 fully saturated rings. The highest BCUT2D eigenvalue weighted by Gasteiger charge is 2.16. The first-order valence-corrected chi connectivity index (χ1v) is 7.55. The van der Waals surface area contributed by atoms with E-state index in [0.717, 1.165) is 18.2 Å². The van der Waals surface area contributed by atoms with Gasteiger partial charge in [-0.1, -0.05) is 13.0 Å². The van der Waals surface area contributed by atoms with Gasteiger partial charge in [0.1, 0.15) is 11.4 Å². The number of sulfone groups is 1. The number of nitrogens with zero attached hydrogens (tertiary/aromatic N) is 1. The summed E-state index contributed by atoms with van der Waals surface area (Å²) in [6.07, 6.45) is 2.93. The fraction of sp³-hybridized carbons (Fsp3) is 0.417. The molecule has 0 radical (unpaired) electrons. The number of Topliss-reactive ketones (excluding diaryl/α,β-unsaturated/α-hetero) is 2. The number of pyridine rings is 1. The van der Waals surface area contributed by atoms with Gasteiger partial charge in [0.25, 0.3) is 0 Å². The molecule has 5 nitrogen and oxygen atoms in total. The number of hydrogen-bond acceptors (Lipinski definition) is 5. The van der Waals surface area contributed by atoms with Gasteiger partial charge in [-0.3, -0.25) is 14.6 Å². The smallest absolute Gasteiger partial charge is 0.188 e. The Labute approximate surface area is 106 Å². The highest BCUT2D eigenvalue weighted by molar-refractivity contribution is 7.91. The fourth-order valence-corrected chi connectivity index (χ4v) is 2.10. The van der Waals surface area contributed by atoms with Gasteiger partial charge in [-0.15, -0.1) is 0 Å². The monoisotopic (exact) mass is 269 g/mol. The third-order valence-electron chi connectivity index (χ3n) is 2.30. The van der Waals surface area contributed by atoms with Crippen molar-refractivity contribution in [1.29, 1.82) is 0 Å². The molecule has 1 aromatic heterocycles. The van der Waals surface area contributed by atoms with Crippen LogP contribution in [0.2, 0.25) is 0 Å². The van der Waals surface area contributed by atoms with Crippen LogP contribution in [0.25, 0.3) is 0 Å². The molecule has 0 aliphatic carbocycles. The SMILES string of the molecule is CCc1ccc(C(=O)CC(=O)CS(C)(=O)=O)nc1. The highest BCUT2D eigenvalue weighted by atomic mass is 32.2. The maximum absolute atomic E-state index is 11.7. The molecule has 0 spiro atoms. The van der Waals surface area contributed by atoms with E-state index in [-0.39, 0.29) is 5.69 Å². The summed E-state index contributed by atoms with van der Waals surface area (Å²) in [6, 6.07) is 3.32. The number of ketones is 2. The van der Waals surface area contributed by atoms with Crippen LogP contribution in [0.3, 0.4) is 0 Å². The summed E-state index contributed by atoms with van der Waals surface area (Å²) in [4.78, 5) is 26.9. The van der Waals surface area contributed by atoms with Crippen LogP contribution >= 0.6 is 0 Å². The summed E-state index contributed by atoms with van der Waals surface area (Å²) < 4.78 is 21.8. The van der Waals surface area contributed by atoms with Crippen molar-refractivity contribution in [3.05, 3.63) is 29.6 Å². The molecule has 18 heavy (non-hydrogen) atoms. The molecule has 1 heterocycles. The topological polar surface area (TPSA) is 81.2 Å². The van der Waals surface area contributed by atoms with E-state index in [2.05, 4.69) is 4.98 Å². The minimum absolute atomic E-state index is 0.189. The minimum Gasteiger partial charge on any atom is -0.298 e. The molecule has 0 N–H and O–H groups in total. The molecule has 0 saturated heterocycles. The Kier molecular flexibility index (Phi) is 4.72. The Morgan fingerprint density at radius 3 is 2.39 bits per heavy atom. The van der Waals surface area contributed by atoms with Gasteiger partial charge in [-0.25, -0.2) is 8.42 Å². The van der Waals surface area contributed by atoms with Crippen molar-refractivity contribution in [2.45, 2.75) is 19.8 Å². The molecule has 0 aliphatic rings. The van der Waals surface area contributed by atoms with Crippen LogP contribution in [-0.2, 0) is 21.1 Å². The second-order valence-electron chi connectivity index (χ2n) is 4.11. The Balaban J connectivity index is 2.67. The summed E-state index contributed by atoms with van der Waals surface area (Å²) in [5.74, 6) is -1.67. The predicted molar refractivity (Wildman–Crippen MR) is 67.3 cm³/mol. The van der Waals surface area contributed by atoms with Crippen molar-refractivity contribution in [3.8, 4) is 0 Å². The van der Waals surface area contributed by atoms with Crippen molar-refractivity contribution in [1.82, 2.24) is 4.98 Å². The molecule has 0 aliphatic heterocycles.